The van der Waals surface area contributed by atoms with E-state index in [9.17, 15) is 13.2 Å². The molecule has 1 amide bonds. The Kier molecular flexibility index (Phi) is 11.3. The Hall–Kier alpha value is -4.12. The molecule has 246 valence electrons. The van der Waals surface area contributed by atoms with E-state index in [4.69, 9.17) is 14.7 Å². The van der Waals surface area contributed by atoms with Crippen LogP contribution in [0.15, 0.2) is 71.8 Å². The quantitative estimate of drug-likeness (QED) is 0.0661. The van der Waals surface area contributed by atoms with Crippen LogP contribution < -0.4 is 19.7 Å². The first-order chi connectivity index (χ1) is 21.8. The highest BCUT2D eigenvalue weighted by molar-refractivity contribution is 7.89. The van der Waals surface area contributed by atoms with Gasteiger partial charge in [-0.05, 0) is 82.3 Å². The minimum Gasteiger partial charge on any atom is -0.493 e. The van der Waals surface area contributed by atoms with Crippen LogP contribution in [0.25, 0.3) is 17.0 Å². The number of methoxy groups -OCH3 is 1. The summed E-state index contributed by atoms with van der Waals surface area (Å²) >= 11 is 0. The number of hydrogen-bond acceptors (Lipinski definition) is 6. The lowest BCUT2D eigenvalue weighted by Gasteiger charge is -2.25. The van der Waals surface area contributed by atoms with Gasteiger partial charge in [-0.15, -0.1) is 0 Å². The van der Waals surface area contributed by atoms with E-state index in [0.717, 1.165) is 27.6 Å². The number of H-pyrrole nitrogens is 1. The van der Waals surface area contributed by atoms with Crippen molar-refractivity contribution in [2.45, 2.75) is 76.7 Å². The van der Waals surface area contributed by atoms with Gasteiger partial charge in [0, 0.05) is 23.2 Å². The van der Waals surface area contributed by atoms with Gasteiger partial charge in [-0.2, -0.15) is 0 Å². The normalized spacial score (nSPS) is 12.8. The van der Waals surface area contributed by atoms with Crippen LogP contribution >= 0.6 is 0 Å². The molecule has 0 radical (unpaired) electrons. The monoisotopic (exact) mass is 647 g/mol. The van der Waals surface area contributed by atoms with Crippen molar-refractivity contribution in [2.75, 3.05) is 13.7 Å². The third-order valence-corrected chi connectivity index (χ3v) is 9.58. The molecule has 4 rings (SSSR count). The molecule has 0 aliphatic rings. The number of hydrogen-bond donors (Lipinski definition) is 4. The molecule has 0 aliphatic carbocycles. The molecule has 1 heterocycles. The second-order valence-corrected chi connectivity index (χ2v) is 14.1. The first-order valence-electron chi connectivity index (χ1n) is 15.5. The molecule has 1 atom stereocenters. The van der Waals surface area contributed by atoms with Crippen molar-refractivity contribution in [3.05, 3.63) is 94.7 Å². The van der Waals surface area contributed by atoms with Crippen LogP contribution in [0.4, 0.5) is 0 Å². The van der Waals surface area contributed by atoms with Gasteiger partial charge < -0.3 is 14.5 Å². The number of nitrogens with one attached hydrogen (secondary N) is 3. The van der Waals surface area contributed by atoms with Gasteiger partial charge in [-0.25, -0.2) is 18.6 Å². The van der Waals surface area contributed by atoms with Gasteiger partial charge >= 0.3 is 0 Å². The zero-order chi connectivity index (χ0) is 33.6. The molecule has 9 nitrogen and oxygen atoms in total. The van der Waals surface area contributed by atoms with Crippen molar-refractivity contribution >= 4 is 32.9 Å². The van der Waals surface area contributed by atoms with Crippen molar-refractivity contribution < 1.29 is 27.9 Å². The third kappa shape index (κ3) is 8.17. The zero-order valence-corrected chi connectivity index (χ0v) is 28.4. The zero-order valence-electron chi connectivity index (χ0n) is 27.5. The molecule has 0 spiro atoms. The van der Waals surface area contributed by atoms with Crippen LogP contribution in [0.2, 0.25) is 0 Å². The van der Waals surface area contributed by atoms with Crippen molar-refractivity contribution in [1.29, 1.82) is 0 Å². The predicted octanol–water partition coefficient (Wildman–Crippen LogP) is 7.03. The Labute approximate surface area is 272 Å². The van der Waals surface area contributed by atoms with Gasteiger partial charge in [0.1, 0.15) is 6.61 Å². The highest BCUT2D eigenvalue weighted by atomic mass is 32.2. The summed E-state index contributed by atoms with van der Waals surface area (Å²) in [6, 6.07) is 16.3. The van der Waals surface area contributed by atoms with Gasteiger partial charge in [0.05, 0.1) is 18.0 Å². The van der Waals surface area contributed by atoms with E-state index in [-0.39, 0.29) is 24.4 Å². The minimum atomic E-state index is -3.97. The molecular formula is C36H45N3O6S. The summed E-state index contributed by atoms with van der Waals surface area (Å²) in [7, 11) is -2.47. The highest BCUT2D eigenvalue weighted by Gasteiger charge is 2.28. The fraction of sp³-hybridized carbons (Fsp3) is 0.361. The molecule has 4 N–H and O–H groups in total. The van der Waals surface area contributed by atoms with Crippen molar-refractivity contribution in [3.8, 4) is 11.5 Å². The minimum absolute atomic E-state index is 0.00566. The number of ether oxygens (including phenoxy) is 2. The van der Waals surface area contributed by atoms with Crippen LogP contribution in [0.3, 0.4) is 0 Å². The Bertz CT molecular complexity index is 1810. The second-order valence-electron chi connectivity index (χ2n) is 12.4. The summed E-state index contributed by atoms with van der Waals surface area (Å²) in [6.07, 6.45) is 4.99. The number of hydroxylamine groups is 1. The number of sulfonamides is 1. The largest absolute Gasteiger partial charge is 0.493 e. The van der Waals surface area contributed by atoms with E-state index in [0.29, 0.717) is 28.4 Å². The summed E-state index contributed by atoms with van der Waals surface area (Å²) in [5.74, 6) is 0.571. The van der Waals surface area contributed by atoms with Crippen LogP contribution in [0.5, 0.6) is 11.5 Å². The van der Waals surface area contributed by atoms with Gasteiger partial charge in [0.2, 0.25) is 10.0 Å². The van der Waals surface area contributed by atoms with Crippen LogP contribution in [-0.4, -0.2) is 44.3 Å². The number of para-hydroxylation sites is 1. The lowest BCUT2D eigenvalue weighted by Crippen LogP contribution is -2.41. The Balaban J connectivity index is 1.71. The Morgan fingerprint density at radius 1 is 0.913 bits per heavy atom. The van der Waals surface area contributed by atoms with Gasteiger partial charge in [0.15, 0.2) is 11.5 Å². The van der Waals surface area contributed by atoms with Gasteiger partial charge in [-0.3, -0.25) is 10.0 Å². The smallest absolute Gasteiger partial charge is 0.267 e. The molecule has 0 aliphatic heterocycles. The summed E-state index contributed by atoms with van der Waals surface area (Å²) < 4.78 is 43.3. The number of carbonyl (C=O) groups excluding carboxylic acids is 1. The maximum atomic E-state index is 14.3. The molecule has 10 heteroatoms. The molecular weight excluding hydrogens is 602 g/mol. The number of fused-ring (bicyclic) bond motifs is 1. The molecule has 0 unspecified atom stereocenters. The SMILES string of the molecule is COc1cc(/C=C/C(=O)NO)ccc1OC[C@H](Cc1c[nH]c2ccccc12)NS(=O)(=O)c1cc(C(C)C)c(C(C)C)cc1C(C)C. The maximum Gasteiger partial charge on any atom is 0.267 e. The van der Waals surface area contributed by atoms with E-state index >= 15 is 0 Å². The maximum absolute atomic E-state index is 14.3. The number of aromatic amines is 1. The molecule has 1 aromatic heterocycles. The lowest BCUT2D eigenvalue weighted by molar-refractivity contribution is -0.124. The summed E-state index contributed by atoms with van der Waals surface area (Å²) in [6.45, 7) is 12.5. The van der Waals surface area contributed by atoms with E-state index < -0.39 is 22.0 Å². The first-order valence-corrected chi connectivity index (χ1v) is 17.0. The number of rotatable bonds is 14. The Morgan fingerprint density at radius 2 is 1.59 bits per heavy atom. The predicted molar refractivity (Wildman–Crippen MR) is 182 cm³/mol. The van der Waals surface area contributed by atoms with Crippen molar-refractivity contribution in [3.63, 3.8) is 0 Å². The molecule has 0 bridgehead atoms. The van der Waals surface area contributed by atoms with Crippen LogP contribution in [0.1, 0.15) is 87.1 Å². The average Bonchev–Trinajstić information content (AvgIpc) is 3.44. The van der Waals surface area contributed by atoms with E-state index in [2.05, 4.69) is 43.5 Å². The summed E-state index contributed by atoms with van der Waals surface area (Å²) in [5.41, 5.74) is 7.11. The third-order valence-electron chi connectivity index (χ3n) is 8.00. The summed E-state index contributed by atoms with van der Waals surface area (Å²) in [5, 5.41) is 9.76. The lowest BCUT2D eigenvalue weighted by atomic mass is 9.87. The van der Waals surface area contributed by atoms with E-state index in [1.807, 2.05) is 50.4 Å². The molecule has 0 saturated carbocycles. The average molecular weight is 648 g/mol. The van der Waals surface area contributed by atoms with Crippen molar-refractivity contribution in [1.82, 2.24) is 15.2 Å². The topological polar surface area (TPSA) is 130 Å². The molecule has 0 fully saturated rings. The standard InChI is InChI=1S/C36H45N3O6S/c1-22(2)29-18-31(24(5)6)35(19-30(29)23(3)4)46(42,43)39-27(17-26-20-37-32-11-9-8-10-28(26)32)21-45-33-14-12-25(16-34(33)44-7)13-15-36(40)38-41/h8-16,18-20,22-24,27,37,39,41H,17,21H2,1-7H3,(H,38,40)/b15-13+/t27-/m0/s1. The Morgan fingerprint density at radius 3 is 2.24 bits per heavy atom. The summed E-state index contributed by atoms with van der Waals surface area (Å²) in [4.78, 5) is 15.0. The molecule has 0 saturated heterocycles. The number of aromatic nitrogens is 1. The number of carbonyl (C=O) groups is 1. The fourth-order valence-corrected chi connectivity index (χ4v) is 7.21. The van der Waals surface area contributed by atoms with Crippen LogP contribution in [0, 0.1) is 0 Å². The van der Waals surface area contributed by atoms with E-state index in [1.54, 1.807) is 23.7 Å². The van der Waals surface area contributed by atoms with E-state index in [1.165, 1.54) is 24.8 Å². The number of amides is 1. The molecule has 3 aromatic carbocycles. The second kappa shape index (κ2) is 15.0. The van der Waals surface area contributed by atoms with Gasteiger partial charge in [-0.1, -0.05) is 71.9 Å². The van der Waals surface area contributed by atoms with Crippen LogP contribution in [-0.2, 0) is 21.2 Å². The van der Waals surface area contributed by atoms with Gasteiger partial charge in [0.25, 0.3) is 5.91 Å². The molecule has 4 aromatic rings. The van der Waals surface area contributed by atoms with Crippen molar-refractivity contribution in [2.24, 2.45) is 0 Å². The molecule has 46 heavy (non-hydrogen) atoms. The first kappa shape index (κ1) is 34.7. The fourth-order valence-electron chi connectivity index (χ4n) is 5.60. The number of benzene rings is 3. The highest BCUT2D eigenvalue weighted by Crippen LogP contribution is 2.35.